The number of hydrogen-bond donors (Lipinski definition) is 0. The minimum absolute atomic E-state index is 0.0812. The summed E-state index contributed by atoms with van der Waals surface area (Å²) in [6, 6.07) is 0. The highest BCUT2D eigenvalue weighted by atomic mass is 16.5. The Hall–Kier alpha value is -1.06. The van der Waals surface area contributed by atoms with Crippen LogP contribution in [0.3, 0.4) is 0 Å². The van der Waals surface area contributed by atoms with Gasteiger partial charge >= 0.3 is 5.97 Å². The third-order valence-electron chi connectivity index (χ3n) is 4.99. The smallest absolute Gasteiger partial charge is 0.310 e. The molecule has 2 rings (SSSR count). The van der Waals surface area contributed by atoms with E-state index in [1.54, 1.807) is 6.92 Å². The second kappa shape index (κ2) is 7.81. The van der Waals surface area contributed by atoms with Gasteiger partial charge in [-0.1, -0.05) is 32.1 Å². The number of carbonyl (C=O) groups is 2. The Morgan fingerprint density at radius 3 is 2.43 bits per heavy atom. The van der Waals surface area contributed by atoms with Crippen molar-refractivity contribution in [2.45, 2.75) is 58.8 Å². The Bertz CT molecular complexity index is 363. The average Bonchev–Trinajstić information content (AvgIpc) is 2.48. The van der Waals surface area contributed by atoms with Crippen LogP contribution in [-0.4, -0.2) is 36.5 Å². The fourth-order valence-electron chi connectivity index (χ4n) is 3.96. The summed E-state index contributed by atoms with van der Waals surface area (Å²) in [5.41, 5.74) is 0. The number of esters is 1. The van der Waals surface area contributed by atoms with E-state index in [-0.39, 0.29) is 17.8 Å². The average molecular weight is 295 g/mol. The molecule has 2 atom stereocenters. The molecule has 2 fully saturated rings. The van der Waals surface area contributed by atoms with E-state index in [1.807, 2.05) is 11.8 Å². The molecule has 1 heterocycles. The molecule has 2 aliphatic rings. The first-order valence-corrected chi connectivity index (χ1v) is 8.52. The number of ether oxygens (including phenoxy) is 1. The summed E-state index contributed by atoms with van der Waals surface area (Å²) in [7, 11) is 0. The lowest BCUT2D eigenvalue weighted by Gasteiger charge is -2.38. The van der Waals surface area contributed by atoms with Crippen molar-refractivity contribution < 1.29 is 14.3 Å². The maximum absolute atomic E-state index is 12.0. The SMILES string of the molecule is CCOC(=O)C1CC(CC2CCCCC2)CN(C(C)=O)C1. The lowest BCUT2D eigenvalue weighted by Crippen LogP contribution is -2.46. The lowest BCUT2D eigenvalue weighted by atomic mass is 9.78. The number of likely N-dealkylation sites (tertiary alicyclic amines) is 1. The van der Waals surface area contributed by atoms with E-state index < -0.39 is 0 Å². The molecule has 0 aromatic carbocycles. The van der Waals surface area contributed by atoms with E-state index in [0.29, 0.717) is 19.1 Å². The van der Waals surface area contributed by atoms with Crippen LogP contribution < -0.4 is 0 Å². The van der Waals surface area contributed by atoms with Crippen molar-refractivity contribution in [1.82, 2.24) is 4.90 Å². The van der Waals surface area contributed by atoms with E-state index in [2.05, 4.69) is 0 Å². The number of amides is 1. The molecule has 21 heavy (non-hydrogen) atoms. The van der Waals surface area contributed by atoms with Crippen LogP contribution in [0.15, 0.2) is 0 Å². The summed E-state index contributed by atoms with van der Waals surface area (Å²) in [5, 5.41) is 0. The maximum atomic E-state index is 12.0. The summed E-state index contributed by atoms with van der Waals surface area (Å²) in [6.07, 6.45) is 8.75. The molecule has 0 spiro atoms. The van der Waals surface area contributed by atoms with Gasteiger partial charge in [0, 0.05) is 20.0 Å². The van der Waals surface area contributed by atoms with Crippen molar-refractivity contribution in [3.05, 3.63) is 0 Å². The number of nitrogens with zero attached hydrogens (tertiary/aromatic N) is 1. The standard InChI is InChI=1S/C17H29NO3/c1-3-21-17(20)16-10-15(11-18(12-16)13(2)19)9-14-7-5-4-6-8-14/h14-16H,3-12H2,1-2H3. The van der Waals surface area contributed by atoms with Crippen LogP contribution in [0.2, 0.25) is 0 Å². The van der Waals surface area contributed by atoms with Crippen LogP contribution in [0.5, 0.6) is 0 Å². The first-order chi connectivity index (χ1) is 10.1. The van der Waals surface area contributed by atoms with E-state index in [4.69, 9.17) is 4.74 Å². The van der Waals surface area contributed by atoms with E-state index in [9.17, 15) is 9.59 Å². The van der Waals surface area contributed by atoms with E-state index in [1.165, 1.54) is 38.5 Å². The molecule has 0 N–H and O–H groups in total. The van der Waals surface area contributed by atoms with Crippen LogP contribution in [0.25, 0.3) is 0 Å². The predicted molar refractivity (Wildman–Crippen MR) is 81.7 cm³/mol. The Labute approximate surface area is 128 Å². The normalized spacial score (nSPS) is 27.4. The minimum Gasteiger partial charge on any atom is -0.466 e. The van der Waals surface area contributed by atoms with Gasteiger partial charge in [0.05, 0.1) is 12.5 Å². The first-order valence-electron chi connectivity index (χ1n) is 8.52. The molecular formula is C17H29NO3. The third-order valence-corrected chi connectivity index (χ3v) is 4.99. The summed E-state index contributed by atoms with van der Waals surface area (Å²) < 4.78 is 5.17. The van der Waals surface area contributed by atoms with Gasteiger partial charge in [-0.25, -0.2) is 0 Å². The zero-order chi connectivity index (χ0) is 15.2. The first kappa shape index (κ1) is 16.3. The minimum atomic E-state index is -0.129. The van der Waals surface area contributed by atoms with Gasteiger partial charge in [-0.05, 0) is 31.6 Å². The van der Waals surface area contributed by atoms with Gasteiger partial charge in [0.15, 0.2) is 0 Å². The van der Waals surface area contributed by atoms with Gasteiger partial charge in [-0.15, -0.1) is 0 Å². The summed E-state index contributed by atoms with van der Waals surface area (Å²) in [4.78, 5) is 25.6. The van der Waals surface area contributed by atoms with Crippen molar-refractivity contribution in [2.24, 2.45) is 17.8 Å². The molecule has 1 aliphatic carbocycles. The zero-order valence-electron chi connectivity index (χ0n) is 13.5. The summed E-state index contributed by atoms with van der Waals surface area (Å²) in [6.45, 7) is 5.22. The lowest BCUT2D eigenvalue weighted by molar-refractivity contribution is -0.152. The van der Waals surface area contributed by atoms with Gasteiger partial charge in [-0.2, -0.15) is 0 Å². The Balaban J connectivity index is 1.95. The van der Waals surface area contributed by atoms with Crippen LogP contribution in [0.1, 0.15) is 58.8 Å². The van der Waals surface area contributed by atoms with Crippen LogP contribution in [-0.2, 0) is 14.3 Å². The van der Waals surface area contributed by atoms with Gasteiger partial charge < -0.3 is 9.64 Å². The zero-order valence-corrected chi connectivity index (χ0v) is 13.5. The van der Waals surface area contributed by atoms with Crippen LogP contribution in [0.4, 0.5) is 0 Å². The molecule has 1 saturated carbocycles. The molecule has 0 aromatic heterocycles. The molecule has 1 saturated heterocycles. The molecule has 1 amide bonds. The summed E-state index contributed by atoms with van der Waals surface area (Å²) >= 11 is 0. The quantitative estimate of drug-likeness (QED) is 0.749. The molecule has 120 valence electrons. The highest BCUT2D eigenvalue weighted by Crippen LogP contribution is 2.34. The van der Waals surface area contributed by atoms with Crippen LogP contribution >= 0.6 is 0 Å². The molecule has 4 nitrogen and oxygen atoms in total. The van der Waals surface area contributed by atoms with Gasteiger partial charge in [0.2, 0.25) is 5.91 Å². The van der Waals surface area contributed by atoms with Crippen molar-refractivity contribution in [2.75, 3.05) is 19.7 Å². The Morgan fingerprint density at radius 2 is 1.81 bits per heavy atom. The Kier molecular flexibility index (Phi) is 6.07. The number of hydrogen-bond acceptors (Lipinski definition) is 3. The van der Waals surface area contributed by atoms with E-state index in [0.717, 1.165) is 18.9 Å². The molecule has 0 aromatic rings. The highest BCUT2D eigenvalue weighted by Gasteiger charge is 2.34. The maximum Gasteiger partial charge on any atom is 0.310 e. The van der Waals surface area contributed by atoms with Crippen molar-refractivity contribution in [1.29, 1.82) is 0 Å². The summed E-state index contributed by atoms with van der Waals surface area (Å²) in [5.74, 6) is 1.07. The fourth-order valence-corrected chi connectivity index (χ4v) is 3.96. The fraction of sp³-hybridized carbons (Fsp3) is 0.882. The van der Waals surface area contributed by atoms with Gasteiger partial charge in [0.1, 0.15) is 0 Å². The molecule has 0 bridgehead atoms. The molecule has 1 aliphatic heterocycles. The molecular weight excluding hydrogens is 266 g/mol. The molecule has 4 heteroatoms. The monoisotopic (exact) mass is 295 g/mol. The third kappa shape index (κ3) is 4.72. The van der Waals surface area contributed by atoms with Crippen molar-refractivity contribution >= 4 is 11.9 Å². The predicted octanol–water partition coefficient (Wildman–Crippen LogP) is 3.00. The number of piperidine rings is 1. The largest absolute Gasteiger partial charge is 0.466 e. The molecule has 0 radical (unpaired) electrons. The highest BCUT2D eigenvalue weighted by molar-refractivity contribution is 5.76. The Morgan fingerprint density at radius 1 is 1.10 bits per heavy atom. The number of carbonyl (C=O) groups excluding carboxylic acids is 2. The number of rotatable bonds is 4. The van der Waals surface area contributed by atoms with Gasteiger partial charge in [0.25, 0.3) is 0 Å². The second-order valence-electron chi connectivity index (χ2n) is 6.71. The molecule has 2 unspecified atom stereocenters. The van der Waals surface area contributed by atoms with E-state index >= 15 is 0 Å². The van der Waals surface area contributed by atoms with Crippen LogP contribution in [0, 0.1) is 17.8 Å². The van der Waals surface area contributed by atoms with Gasteiger partial charge in [-0.3, -0.25) is 9.59 Å². The van der Waals surface area contributed by atoms with Crippen molar-refractivity contribution in [3.63, 3.8) is 0 Å². The second-order valence-corrected chi connectivity index (χ2v) is 6.71. The topological polar surface area (TPSA) is 46.6 Å². The van der Waals surface area contributed by atoms with Crippen molar-refractivity contribution in [3.8, 4) is 0 Å².